The second-order valence-electron chi connectivity index (χ2n) is 5.30. The summed E-state index contributed by atoms with van der Waals surface area (Å²) >= 11 is 6.18. The van der Waals surface area contributed by atoms with Crippen LogP contribution in [0.25, 0.3) is 0 Å². The Labute approximate surface area is 128 Å². The molecule has 0 bridgehead atoms. The summed E-state index contributed by atoms with van der Waals surface area (Å²) in [6.07, 6.45) is 2.77. The first-order chi connectivity index (χ1) is 10.1. The van der Waals surface area contributed by atoms with Crippen molar-refractivity contribution in [1.29, 1.82) is 0 Å². The van der Waals surface area contributed by atoms with Gasteiger partial charge in [-0.3, -0.25) is 0 Å². The van der Waals surface area contributed by atoms with Crippen molar-refractivity contribution in [1.82, 2.24) is 14.8 Å². The fraction of sp³-hybridized carbons (Fsp3) is 0.467. The number of hydrogen-bond donors (Lipinski definition) is 1. The maximum absolute atomic E-state index is 9.53. The quantitative estimate of drug-likeness (QED) is 0.943. The van der Waals surface area contributed by atoms with E-state index in [0.29, 0.717) is 17.4 Å². The minimum absolute atomic E-state index is 0.348. The van der Waals surface area contributed by atoms with Crippen LogP contribution < -0.4 is 4.74 Å². The topological polar surface area (TPSA) is 60.2 Å². The van der Waals surface area contributed by atoms with Gasteiger partial charge in [0, 0.05) is 13.0 Å². The first-order valence-electron chi connectivity index (χ1n) is 7.16. The lowest BCUT2D eigenvalue weighted by molar-refractivity contribution is 0.199. The largest absolute Gasteiger partial charge is 0.484 e. The summed E-state index contributed by atoms with van der Waals surface area (Å²) in [5, 5.41) is 18.4. The van der Waals surface area contributed by atoms with Crippen molar-refractivity contribution in [2.24, 2.45) is 0 Å². The number of aliphatic hydroxyl groups excluding tert-OH is 1. The molecule has 1 aliphatic heterocycles. The fourth-order valence-corrected chi connectivity index (χ4v) is 2.76. The average Bonchev–Trinajstić information content (AvgIpc) is 2.89. The lowest BCUT2D eigenvalue weighted by atomic mass is 10.1. The molecule has 3 rings (SSSR count). The summed E-state index contributed by atoms with van der Waals surface area (Å²) in [4.78, 5) is 0. The molecule has 21 heavy (non-hydrogen) atoms. The highest BCUT2D eigenvalue weighted by Gasteiger charge is 2.16. The zero-order valence-electron chi connectivity index (χ0n) is 11.9. The van der Waals surface area contributed by atoms with Crippen LogP contribution >= 0.6 is 11.6 Å². The van der Waals surface area contributed by atoms with E-state index in [4.69, 9.17) is 16.3 Å². The molecule has 0 radical (unpaired) electrons. The monoisotopic (exact) mass is 307 g/mol. The molecule has 112 valence electrons. The SMILES string of the molecule is CC(O)c1ccc(OCc2nnc3n2CCCC3)c(Cl)c1. The molecule has 6 heteroatoms. The van der Waals surface area contributed by atoms with Gasteiger partial charge in [0.1, 0.15) is 18.2 Å². The molecule has 5 nitrogen and oxygen atoms in total. The van der Waals surface area contributed by atoms with Gasteiger partial charge in [-0.1, -0.05) is 17.7 Å². The highest BCUT2D eigenvalue weighted by atomic mass is 35.5. The van der Waals surface area contributed by atoms with E-state index in [9.17, 15) is 5.11 Å². The Bertz CT molecular complexity index is 640. The maximum atomic E-state index is 9.53. The molecule has 1 aliphatic rings. The van der Waals surface area contributed by atoms with E-state index in [1.54, 1.807) is 19.1 Å². The van der Waals surface area contributed by atoms with Crippen LogP contribution in [-0.4, -0.2) is 19.9 Å². The summed E-state index contributed by atoms with van der Waals surface area (Å²) in [6, 6.07) is 5.31. The minimum atomic E-state index is -0.542. The van der Waals surface area contributed by atoms with E-state index in [1.807, 2.05) is 6.07 Å². The van der Waals surface area contributed by atoms with Crippen molar-refractivity contribution >= 4 is 11.6 Å². The lowest BCUT2D eigenvalue weighted by Crippen LogP contribution is -2.14. The molecule has 1 unspecified atom stereocenters. The number of fused-ring (bicyclic) bond motifs is 1. The Morgan fingerprint density at radius 2 is 2.24 bits per heavy atom. The Kier molecular flexibility index (Phi) is 4.12. The number of aliphatic hydroxyl groups is 1. The zero-order valence-corrected chi connectivity index (χ0v) is 12.7. The summed E-state index contributed by atoms with van der Waals surface area (Å²) in [5.74, 6) is 2.46. The predicted octanol–water partition coefficient (Wildman–Crippen LogP) is 2.90. The van der Waals surface area contributed by atoms with Crippen molar-refractivity contribution in [3.63, 3.8) is 0 Å². The van der Waals surface area contributed by atoms with Crippen LogP contribution in [0.5, 0.6) is 5.75 Å². The van der Waals surface area contributed by atoms with Crippen molar-refractivity contribution in [2.75, 3.05) is 0 Å². The predicted molar refractivity (Wildman–Crippen MR) is 79.4 cm³/mol. The van der Waals surface area contributed by atoms with Crippen LogP contribution in [0.2, 0.25) is 5.02 Å². The molecule has 2 heterocycles. The highest BCUT2D eigenvalue weighted by Crippen LogP contribution is 2.28. The molecule has 0 aliphatic carbocycles. The second kappa shape index (κ2) is 6.03. The standard InChI is InChI=1S/C15H18ClN3O2/c1-10(20)11-5-6-13(12(16)8-11)21-9-15-18-17-14-4-2-3-7-19(14)15/h5-6,8,10,20H,2-4,7,9H2,1H3. The van der Waals surface area contributed by atoms with Crippen LogP contribution in [0.4, 0.5) is 0 Å². The van der Waals surface area contributed by atoms with E-state index < -0.39 is 6.10 Å². The van der Waals surface area contributed by atoms with Crippen LogP contribution in [0.15, 0.2) is 18.2 Å². The molecule has 0 amide bonds. The van der Waals surface area contributed by atoms with Crippen molar-refractivity contribution in [2.45, 2.75) is 45.4 Å². The van der Waals surface area contributed by atoms with E-state index >= 15 is 0 Å². The molecule has 1 atom stereocenters. The third-order valence-electron chi connectivity index (χ3n) is 3.73. The number of hydrogen-bond acceptors (Lipinski definition) is 4. The summed E-state index contributed by atoms with van der Waals surface area (Å²) in [7, 11) is 0. The van der Waals surface area contributed by atoms with Crippen LogP contribution in [0.1, 0.15) is 43.1 Å². The molecule has 1 aromatic heterocycles. The lowest BCUT2D eigenvalue weighted by Gasteiger charge is -2.15. The number of benzene rings is 1. The van der Waals surface area contributed by atoms with Gasteiger partial charge < -0.3 is 14.4 Å². The molecule has 2 aromatic rings. The fourth-order valence-electron chi connectivity index (χ4n) is 2.51. The van der Waals surface area contributed by atoms with E-state index in [2.05, 4.69) is 14.8 Å². The van der Waals surface area contributed by atoms with Crippen molar-refractivity contribution in [3.8, 4) is 5.75 Å². The Morgan fingerprint density at radius 1 is 1.38 bits per heavy atom. The van der Waals surface area contributed by atoms with E-state index in [0.717, 1.165) is 36.6 Å². The molecule has 0 saturated carbocycles. The van der Waals surface area contributed by atoms with Gasteiger partial charge in [0.05, 0.1) is 11.1 Å². The first-order valence-corrected chi connectivity index (χ1v) is 7.54. The van der Waals surface area contributed by atoms with E-state index in [-0.39, 0.29) is 0 Å². The van der Waals surface area contributed by atoms with Gasteiger partial charge in [0.25, 0.3) is 0 Å². The van der Waals surface area contributed by atoms with Gasteiger partial charge in [-0.25, -0.2) is 0 Å². The number of aryl methyl sites for hydroxylation is 1. The van der Waals surface area contributed by atoms with Crippen molar-refractivity contribution in [3.05, 3.63) is 40.4 Å². The minimum Gasteiger partial charge on any atom is -0.484 e. The number of aromatic nitrogens is 3. The molecule has 0 saturated heterocycles. The molecule has 0 fully saturated rings. The maximum Gasteiger partial charge on any atom is 0.171 e. The van der Waals surface area contributed by atoms with E-state index in [1.165, 1.54) is 6.42 Å². The second-order valence-corrected chi connectivity index (χ2v) is 5.70. The third kappa shape index (κ3) is 3.04. The number of ether oxygens (including phenoxy) is 1. The highest BCUT2D eigenvalue weighted by molar-refractivity contribution is 6.32. The average molecular weight is 308 g/mol. The molecule has 1 aromatic carbocycles. The molecule has 1 N–H and O–H groups in total. The molecular formula is C15H18ClN3O2. The van der Waals surface area contributed by atoms with Crippen LogP contribution in [-0.2, 0) is 19.6 Å². The number of halogens is 1. The summed E-state index contributed by atoms with van der Waals surface area (Å²) in [5.41, 5.74) is 0.771. The Balaban J connectivity index is 1.72. The van der Waals surface area contributed by atoms with Gasteiger partial charge in [-0.2, -0.15) is 0 Å². The van der Waals surface area contributed by atoms with Crippen LogP contribution in [0, 0.1) is 0 Å². The van der Waals surface area contributed by atoms with Crippen LogP contribution in [0.3, 0.4) is 0 Å². The smallest absolute Gasteiger partial charge is 0.171 e. The summed E-state index contributed by atoms with van der Waals surface area (Å²) in [6.45, 7) is 3.01. The first kappa shape index (κ1) is 14.4. The van der Waals surface area contributed by atoms with Gasteiger partial charge in [-0.05, 0) is 37.5 Å². The normalized spacial score (nSPS) is 15.6. The van der Waals surface area contributed by atoms with Gasteiger partial charge >= 0.3 is 0 Å². The Hall–Kier alpha value is -1.59. The van der Waals surface area contributed by atoms with Gasteiger partial charge in [0.2, 0.25) is 0 Å². The molecular weight excluding hydrogens is 290 g/mol. The summed E-state index contributed by atoms with van der Waals surface area (Å²) < 4.78 is 7.87. The molecule has 0 spiro atoms. The number of rotatable bonds is 4. The van der Waals surface area contributed by atoms with Crippen molar-refractivity contribution < 1.29 is 9.84 Å². The third-order valence-corrected chi connectivity index (χ3v) is 4.03. The van der Waals surface area contributed by atoms with Gasteiger partial charge in [0.15, 0.2) is 5.82 Å². The Morgan fingerprint density at radius 3 is 3.00 bits per heavy atom. The van der Waals surface area contributed by atoms with Gasteiger partial charge in [-0.15, -0.1) is 10.2 Å². The zero-order chi connectivity index (χ0) is 14.8. The number of nitrogens with zero attached hydrogens (tertiary/aromatic N) is 3.